The highest BCUT2D eigenvalue weighted by molar-refractivity contribution is 7.82. The molecule has 0 bridgehead atoms. The number of aromatic nitrogens is 1. The fourth-order valence-corrected chi connectivity index (χ4v) is 6.60. The SMILES string of the molecule is COC(=O)/C(=C(/O)c1ccncc1)C(c1ccccc1)[P+](C)(C)c1ccccc1. The summed E-state index contributed by atoms with van der Waals surface area (Å²) >= 11 is 0. The van der Waals surface area contributed by atoms with E-state index in [1.807, 2.05) is 48.5 Å². The summed E-state index contributed by atoms with van der Waals surface area (Å²) in [5, 5.41) is 12.4. The highest BCUT2D eigenvalue weighted by Crippen LogP contribution is 2.66. The zero-order valence-electron chi connectivity index (χ0n) is 16.8. The summed E-state index contributed by atoms with van der Waals surface area (Å²) in [5.41, 5.74) is 1.45. The van der Waals surface area contributed by atoms with E-state index in [1.165, 1.54) is 7.11 Å². The molecule has 1 unspecified atom stereocenters. The summed E-state index contributed by atoms with van der Waals surface area (Å²) in [6.45, 7) is 4.37. The maximum atomic E-state index is 13.0. The summed E-state index contributed by atoms with van der Waals surface area (Å²) in [4.78, 5) is 17.0. The molecule has 5 heteroatoms. The average molecular weight is 406 g/mol. The van der Waals surface area contributed by atoms with Gasteiger partial charge in [0.1, 0.15) is 17.0 Å². The first-order valence-electron chi connectivity index (χ1n) is 9.33. The predicted molar refractivity (Wildman–Crippen MR) is 120 cm³/mol. The molecule has 148 valence electrons. The Morgan fingerprint density at radius 1 is 0.931 bits per heavy atom. The molecular formula is C24H25NO3P+. The number of pyridine rings is 1. The van der Waals surface area contributed by atoms with Crippen LogP contribution >= 0.6 is 7.26 Å². The van der Waals surface area contributed by atoms with Gasteiger partial charge in [0.25, 0.3) is 0 Å². The van der Waals surface area contributed by atoms with Crippen molar-refractivity contribution >= 4 is 24.3 Å². The van der Waals surface area contributed by atoms with E-state index in [2.05, 4.69) is 30.4 Å². The molecule has 1 N–H and O–H groups in total. The lowest BCUT2D eigenvalue weighted by Gasteiger charge is -2.30. The number of aliphatic hydroxyl groups is 1. The summed E-state index contributed by atoms with van der Waals surface area (Å²) in [7, 11) is -0.613. The maximum Gasteiger partial charge on any atom is 0.341 e. The first-order valence-corrected chi connectivity index (χ1v) is 12.1. The van der Waals surface area contributed by atoms with Crippen LogP contribution in [-0.2, 0) is 9.53 Å². The van der Waals surface area contributed by atoms with Crippen LogP contribution < -0.4 is 5.30 Å². The molecular weight excluding hydrogens is 381 g/mol. The van der Waals surface area contributed by atoms with Crippen LogP contribution in [-0.4, -0.2) is 36.5 Å². The van der Waals surface area contributed by atoms with Crippen LogP contribution in [0.25, 0.3) is 5.76 Å². The predicted octanol–water partition coefficient (Wildman–Crippen LogP) is 4.87. The maximum absolute atomic E-state index is 13.0. The Hall–Kier alpha value is -2.97. The molecule has 29 heavy (non-hydrogen) atoms. The van der Waals surface area contributed by atoms with Gasteiger partial charge in [-0.2, -0.15) is 0 Å². The van der Waals surface area contributed by atoms with Crippen molar-refractivity contribution in [2.45, 2.75) is 5.66 Å². The summed E-state index contributed by atoms with van der Waals surface area (Å²) in [5.74, 6) is -0.603. The lowest BCUT2D eigenvalue weighted by molar-refractivity contribution is -0.136. The van der Waals surface area contributed by atoms with Crippen LogP contribution in [0.2, 0.25) is 0 Å². The molecule has 2 aromatic carbocycles. The molecule has 0 aliphatic carbocycles. The Morgan fingerprint density at radius 3 is 2.03 bits per heavy atom. The number of aliphatic hydroxyl groups excluding tert-OH is 1. The molecule has 1 aromatic heterocycles. The van der Waals surface area contributed by atoms with Gasteiger partial charge in [0.15, 0.2) is 0 Å². The van der Waals surface area contributed by atoms with E-state index in [9.17, 15) is 9.90 Å². The third kappa shape index (κ3) is 4.38. The number of carbonyl (C=O) groups excluding carboxylic acids is 1. The molecule has 0 amide bonds. The van der Waals surface area contributed by atoms with E-state index in [-0.39, 0.29) is 17.0 Å². The first kappa shape index (κ1) is 20.8. The molecule has 0 radical (unpaired) electrons. The molecule has 3 aromatic rings. The van der Waals surface area contributed by atoms with Gasteiger partial charge in [0.05, 0.1) is 33.0 Å². The molecule has 0 aliphatic rings. The van der Waals surface area contributed by atoms with E-state index in [4.69, 9.17) is 4.74 Å². The first-order chi connectivity index (χ1) is 14.0. The van der Waals surface area contributed by atoms with Crippen molar-refractivity contribution in [2.24, 2.45) is 0 Å². The monoisotopic (exact) mass is 406 g/mol. The van der Waals surface area contributed by atoms with Crippen LogP contribution in [0.4, 0.5) is 0 Å². The van der Waals surface area contributed by atoms with Gasteiger partial charge < -0.3 is 9.84 Å². The largest absolute Gasteiger partial charge is 0.507 e. The quantitative estimate of drug-likeness (QED) is 0.275. The van der Waals surface area contributed by atoms with E-state index in [0.29, 0.717) is 5.56 Å². The van der Waals surface area contributed by atoms with Crippen molar-refractivity contribution in [3.05, 3.63) is 102 Å². The number of carbonyl (C=O) groups is 1. The van der Waals surface area contributed by atoms with Crippen molar-refractivity contribution in [2.75, 3.05) is 20.4 Å². The number of esters is 1. The standard InChI is InChI=1S/C24H24NO3P/c1-28-24(27)21(22(26)18-14-16-25-17-15-18)23(19-10-6-4-7-11-19)29(2,3)20-12-8-5-9-13-20/h4-17,23H,1-3H3/p+1. The highest BCUT2D eigenvalue weighted by Gasteiger charge is 2.46. The zero-order chi connectivity index (χ0) is 20.9. The van der Waals surface area contributed by atoms with Crippen molar-refractivity contribution in [1.82, 2.24) is 4.98 Å². The zero-order valence-corrected chi connectivity index (χ0v) is 17.7. The van der Waals surface area contributed by atoms with E-state index in [1.54, 1.807) is 24.5 Å². The minimum Gasteiger partial charge on any atom is -0.507 e. The van der Waals surface area contributed by atoms with Gasteiger partial charge >= 0.3 is 5.97 Å². The minimum atomic E-state index is -1.96. The van der Waals surface area contributed by atoms with Gasteiger partial charge in [-0.1, -0.05) is 48.5 Å². The van der Waals surface area contributed by atoms with Crippen molar-refractivity contribution in [3.63, 3.8) is 0 Å². The number of benzene rings is 2. The van der Waals surface area contributed by atoms with E-state index in [0.717, 1.165) is 10.9 Å². The van der Waals surface area contributed by atoms with Crippen LogP contribution in [0.5, 0.6) is 0 Å². The van der Waals surface area contributed by atoms with Crippen LogP contribution in [0.15, 0.2) is 90.8 Å². The molecule has 0 spiro atoms. The number of ether oxygens (including phenoxy) is 1. The molecule has 0 aliphatic heterocycles. The van der Waals surface area contributed by atoms with Crippen LogP contribution in [0.1, 0.15) is 16.8 Å². The van der Waals surface area contributed by atoms with Crippen molar-refractivity contribution in [1.29, 1.82) is 0 Å². The Kier molecular flexibility index (Phi) is 6.46. The van der Waals surface area contributed by atoms with E-state index < -0.39 is 13.2 Å². The van der Waals surface area contributed by atoms with Gasteiger partial charge in [-0.25, -0.2) is 4.79 Å². The third-order valence-corrected chi connectivity index (χ3v) is 8.55. The Labute approximate surface area is 172 Å². The molecule has 0 fully saturated rings. The normalized spacial score (nSPS) is 13.3. The fraction of sp³-hybridized carbons (Fsp3) is 0.167. The fourth-order valence-electron chi connectivity index (χ4n) is 3.57. The molecule has 1 atom stereocenters. The summed E-state index contributed by atoms with van der Waals surface area (Å²) in [6.07, 6.45) is 3.19. The Morgan fingerprint density at radius 2 is 1.48 bits per heavy atom. The van der Waals surface area contributed by atoms with Crippen LogP contribution in [0, 0.1) is 0 Å². The lowest BCUT2D eigenvalue weighted by atomic mass is 10.0. The lowest BCUT2D eigenvalue weighted by Crippen LogP contribution is -2.23. The second-order valence-electron chi connectivity index (χ2n) is 7.18. The topological polar surface area (TPSA) is 59.4 Å². The molecule has 1 heterocycles. The second kappa shape index (κ2) is 9.02. The Balaban J connectivity index is 2.30. The number of hydrogen-bond donors (Lipinski definition) is 1. The molecule has 4 nitrogen and oxygen atoms in total. The molecule has 0 saturated heterocycles. The van der Waals surface area contributed by atoms with Crippen molar-refractivity contribution < 1.29 is 14.6 Å². The van der Waals surface area contributed by atoms with Gasteiger partial charge in [-0.3, -0.25) is 4.98 Å². The average Bonchev–Trinajstić information content (AvgIpc) is 2.78. The Bertz CT molecular complexity index is 986. The minimum absolute atomic E-state index is 0.0721. The molecule has 0 saturated carbocycles. The number of methoxy groups -OCH3 is 1. The number of hydrogen-bond acceptors (Lipinski definition) is 4. The van der Waals surface area contributed by atoms with Crippen molar-refractivity contribution in [3.8, 4) is 0 Å². The van der Waals surface area contributed by atoms with Gasteiger partial charge in [0, 0.05) is 18.0 Å². The molecule has 3 rings (SSSR count). The van der Waals surface area contributed by atoms with Gasteiger partial charge in [-0.05, 0) is 29.8 Å². The number of nitrogens with zero attached hydrogens (tertiary/aromatic N) is 1. The third-order valence-electron chi connectivity index (χ3n) is 5.07. The van der Waals surface area contributed by atoms with Gasteiger partial charge in [-0.15, -0.1) is 0 Å². The van der Waals surface area contributed by atoms with E-state index >= 15 is 0 Å². The highest BCUT2D eigenvalue weighted by atomic mass is 31.2. The second-order valence-corrected chi connectivity index (χ2v) is 11.3. The summed E-state index contributed by atoms with van der Waals surface area (Å²) < 4.78 is 5.13. The summed E-state index contributed by atoms with van der Waals surface area (Å²) in [6, 6.07) is 23.4. The van der Waals surface area contributed by atoms with Crippen LogP contribution in [0.3, 0.4) is 0 Å². The smallest absolute Gasteiger partial charge is 0.341 e. The van der Waals surface area contributed by atoms with Gasteiger partial charge in [0.2, 0.25) is 0 Å². The number of rotatable bonds is 6.